The van der Waals surface area contributed by atoms with Crippen molar-refractivity contribution in [2.75, 3.05) is 6.54 Å². The number of carboxylic acid groups (broad SMARTS) is 1. The van der Waals surface area contributed by atoms with Gasteiger partial charge in [0, 0.05) is 6.04 Å². The number of hydrogen-bond acceptors (Lipinski definition) is 4. The van der Waals surface area contributed by atoms with Crippen LogP contribution >= 0.6 is 0 Å². The van der Waals surface area contributed by atoms with Crippen LogP contribution in [0.25, 0.3) is 0 Å². The Hall–Kier alpha value is -2.97. The van der Waals surface area contributed by atoms with E-state index in [4.69, 9.17) is 5.11 Å². The van der Waals surface area contributed by atoms with Gasteiger partial charge in [-0.1, -0.05) is 12.1 Å². The molecule has 1 aromatic carbocycles. The van der Waals surface area contributed by atoms with Gasteiger partial charge in [-0.2, -0.15) is 0 Å². The zero-order valence-electron chi connectivity index (χ0n) is 15.4. The average molecular weight is 391 g/mol. The van der Waals surface area contributed by atoms with Crippen molar-refractivity contribution in [2.24, 2.45) is 5.92 Å². The number of carboxylic acids is 1. The number of imide groups is 1. The molecule has 4 amide bonds. The molecule has 1 saturated heterocycles. The minimum absolute atomic E-state index is 0.174. The third-order valence-corrected chi connectivity index (χ3v) is 5.44. The van der Waals surface area contributed by atoms with E-state index < -0.39 is 47.6 Å². The van der Waals surface area contributed by atoms with E-state index in [0.29, 0.717) is 31.2 Å². The smallest absolute Gasteiger partial charge is 0.325 e. The molecule has 1 aliphatic heterocycles. The van der Waals surface area contributed by atoms with Crippen LogP contribution in [0.1, 0.15) is 38.2 Å². The molecule has 0 radical (unpaired) electrons. The van der Waals surface area contributed by atoms with Gasteiger partial charge in [-0.15, -0.1) is 0 Å². The summed E-state index contributed by atoms with van der Waals surface area (Å²) in [4.78, 5) is 49.2. The Morgan fingerprint density at radius 1 is 1.21 bits per heavy atom. The van der Waals surface area contributed by atoms with Gasteiger partial charge in [0.25, 0.3) is 5.91 Å². The van der Waals surface area contributed by atoms with Crippen molar-refractivity contribution in [3.8, 4) is 0 Å². The molecule has 2 aliphatic rings. The first-order valence-electron chi connectivity index (χ1n) is 9.13. The van der Waals surface area contributed by atoms with Gasteiger partial charge in [0.1, 0.15) is 17.9 Å². The molecule has 0 bridgehead atoms. The van der Waals surface area contributed by atoms with Crippen LogP contribution in [0.2, 0.25) is 0 Å². The second kappa shape index (κ2) is 7.57. The van der Waals surface area contributed by atoms with E-state index in [-0.39, 0.29) is 6.04 Å². The van der Waals surface area contributed by atoms with E-state index in [2.05, 4.69) is 10.6 Å². The first-order chi connectivity index (χ1) is 13.2. The van der Waals surface area contributed by atoms with Gasteiger partial charge >= 0.3 is 12.0 Å². The number of carbonyl (C=O) groups excluding carboxylic acids is 3. The minimum atomic E-state index is -1.37. The lowest BCUT2D eigenvalue weighted by Crippen LogP contribution is -2.46. The third-order valence-electron chi connectivity index (χ3n) is 5.44. The molecule has 28 heavy (non-hydrogen) atoms. The number of rotatable bonds is 5. The summed E-state index contributed by atoms with van der Waals surface area (Å²) in [7, 11) is 0. The summed E-state index contributed by atoms with van der Waals surface area (Å²) in [5.41, 5.74) is -0.952. The number of aliphatic carboxylic acids is 1. The number of nitrogens with one attached hydrogen (secondary N) is 2. The molecule has 0 aromatic heterocycles. The zero-order valence-corrected chi connectivity index (χ0v) is 15.4. The van der Waals surface area contributed by atoms with E-state index in [1.807, 2.05) is 0 Å². The lowest BCUT2D eigenvalue weighted by molar-refractivity contribution is -0.143. The number of urea groups is 1. The molecule has 1 aliphatic carbocycles. The summed E-state index contributed by atoms with van der Waals surface area (Å²) < 4.78 is 13.1. The molecule has 8 nitrogen and oxygen atoms in total. The van der Waals surface area contributed by atoms with Crippen LogP contribution in [0.15, 0.2) is 24.3 Å². The highest BCUT2D eigenvalue weighted by Gasteiger charge is 2.49. The fourth-order valence-corrected chi connectivity index (χ4v) is 3.72. The Labute approximate surface area is 161 Å². The first kappa shape index (κ1) is 19.8. The topological polar surface area (TPSA) is 116 Å². The van der Waals surface area contributed by atoms with E-state index in [1.165, 1.54) is 31.2 Å². The number of benzene rings is 1. The normalized spacial score (nSPS) is 27.4. The maximum Gasteiger partial charge on any atom is 0.325 e. The minimum Gasteiger partial charge on any atom is -0.481 e. The van der Waals surface area contributed by atoms with Gasteiger partial charge in [-0.05, 0) is 50.3 Å². The van der Waals surface area contributed by atoms with Gasteiger partial charge < -0.3 is 15.7 Å². The van der Waals surface area contributed by atoms with E-state index in [0.717, 1.165) is 4.90 Å². The summed E-state index contributed by atoms with van der Waals surface area (Å²) in [6, 6.07) is 4.36. The van der Waals surface area contributed by atoms with Gasteiger partial charge in [-0.3, -0.25) is 19.3 Å². The summed E-state index contributed by atoms with van der Waals surface area (Å²) in [5.74, 6) is -2.75. The molecule has 9 heteroatoms. The summed E-state index contributed by atoms with van der Waals surface area (Å²) >= 11 is 0. The molecular formula is C19H22FN3O5. The Morgan fingerprint density at radius 2 is 1.82 bits per heavy atom. The molecule has 3 N–H and O–H groups in total. The maximum absolute atomic E-state index is 13.1. The molecule has 2 fully saturated rings. The van der Waals surface area contributed by atoms with Crippen molar-refractivity contribution >= 4 is 23.8 Å². The lowest BCUT2D eigenvalue weighted by Gasteiger charge is -2.27. The third kappa shape index (κ3) is 3.83. The van der Waals surface area contributed by atoms with Gasteiger partial charge in [0.2, 0.25) is 5.91 Å². The molecule has 1 aromatic rings. The fraction of sp³-hybridized carbons (Fsp3) is 0.474. The Morgan fingerprint density at radius 3 is 2.39 bits per heavy atom. The van der Waals surface area contributed by atoms with Crippen LogP contribution < -0.4 is 10.6 Å². The van der Waals surface area contributed by atoms with Crippen molar-refractivity contribution < 1.29 is 28.7 Å². The average Bonchev–Trinajstić information content (AvgIpc) is 2.86. The monoisotopic (exact) mass is 391 g/mol. The van der Waals surface area contributed by atoms with Gasteiger partial charge in [0.05, 0.1) is 5.92 Å². The Balaban J connectivity index is 1.60. The van der Waals surface area contributed by atoms with Crippen molar-refractivity contribution in [1.82, 2.24) is 15.5 Å². The van der Waals surface area contributed by atoms with Crippen LogP contribution in [0.3, 0.4) is 0 Å². The molecule has 1 atom stereocenters. The number of halogens is 1. The maximum atomic E-state index is 13.1. The first-order valence-corrected chi connectivity index (χ1v) is 9.13. The van der Waals surface area contributed by atoms with Crippen molar-refractivity contribution in [3.05, 3.63) is 35.6 Å². The molecular weight excluding hydrogens is 369 g/mol. The zero-order chi connectivity index (χ0) is 20.5. The number of carbonyl (C=O) groups is 4. The molecule has 1 unspecified atom stereocenters. The molecule has 3 rings (SSSR count). The van der Waals surface area contributed by atoms with Crippen molar-refractivity contribution in [3.63, 3.8) is 0 Å². The SMILES string of the molecule is CC1(c2ccc(F)cc2)NC(=O)N(CC(=O)NC2CCC(C(=O)O)CC2)C1=O. The predicted octanol–water partition coefficient (Wildman–Crippen LogP) is 1.35. The summed E-state index contributed by atoms with van der Waals surface area (Å²) in [5, 5.41) is 14.3. The van der Waals surface area contributed by atoms with E-state index in [9.17, 15) is 23.6 Å². The number of nitrogens with zero attached hydrogens (tertiary/aromatic N) is 1. The highest BCUT2D eigenvalue weighted by molar-refractivity contribution is 6.09. The summed E-state index contributed by atoms with van der Waals surface area (Å²) in [6.45, 7) is 1.08. The van der Waals surface area contributed by atoms with Crippen LogP contribution in [-0.4, -0.2) is 46.4 Å². The largest absolute Gasteiger partial charge is 0.481 e. The Kier molecular flexibility index (Phi) is 5.35. The highest BCUT2D eigenvalue weighted by Crippen LogP contribution is 2.29. The van der Waals surface area contributed by atoms with Gasteiger partial charge in [-0.25, -0.2) is 9.18 Å². The highest BCUT2D eigenvalue weighted by atomic mass is 19.1. The quantitative estimate of drug-likeness (QED) is 0.656. The molecule has 1 heterocycles. The van der Waals surface area contributed by atoms with Crippen LogP contribution in [0, 0.1) is 11.7 Å². The van der Waals surface area contributed by atoms with Crippen LogP contribution in [0.5, 0.6) is 0 Å². The van der Waals surface area contributed by atoms with Crippen molar-refractivity contribution in [2.45, 2.75) is 44.2 Å². The molecule has 150 valence electrons. The van der Waals surface area contributed by atoms with Gasteiger partial charge in [0.15, 0.2) is 0 Å². The van der Waals surface area contributed by atoms with E-state index in [1.54, 1.807) is 0 Å². The second-order valence-corrected chi connectivity index (χ2v) is 7.41. The fourth-order valence-electron chi connectivity index (χ4n) is 3.72. The van der Waals surface area contributed by atoms with Crippen molar-refractivity contribution in [1.29, 1.82) is 0 Å². The summed E-state index contributed by atoms with van der Waals surface area (Å²) in [6.07, 6.45) is 2.03. The Bertz CT molecular complexity index is 804. The molecule has 1 saturated carbocycles. The standard InChI is InChI=1S/C19H22FN3O5/c1-19(12-4-6-13(20)7-5-12)17(27)23(18(28)22-19)10-15(24)21-14-8-2-11(3-9-14)16(25)26/h4-7,11,14H,2-3,8-10H2,1H3,(H,21,24)(H,22,28)(H,25,26). The van der Waals surface area contributed by atoms with Crippen LogP contribution in [-0.2, 0) is 19.9 Å². The number of amides is 4. The lowest BCUT2D eigenvalue weighted by atomic mass is 9.86. The second-order valence-electron chi connectivity index (χ2n) is 7.41. The number of hydrogen-bond donors (Lipinski definition) is 3. The van der Waals surface area contributed by atoms with E-state index >= 15 is 0 Å². The van der Waals surface area contributed by atoms with Crippen LogP contribution in [0.4, 0.5) is 9.18 Å². The predicted molar refractivity (Wildman–Crippen MR) is 95.5 cm³/mol. The molecule has 0 spiro atoms.